The number of aromatic hydroxyl groups is 1. The summed E-state index contributed by atoms with van der Waals surface area (Å²) in [7, 11) is 3.20. The van der Waals surface area contributed by atoms with Crippen LogP contribution >= 0.6 is 27.5 Å². The number of aromatic amines is 1. The van der Waals surface area contributed by atoms with E-state index in [0.717, 1.165) is 15.6 Å². The van der Waals surface area contributed by atoms with Crippen LogP contribution in [0.5, 0.6) is 17.2 Å². The number of fused-ring (bicyclic) bond motifs is 1. The maximum atomic E-state index is 13.6. The molecule has 0 spiro atoms. The van der Waals surface area contributed by atoms with E-state index in [1.54, 1.807) is 26.4 Å². The molecule has 0 saturated heterocycles. The Hall–Kier alpha value is -3.49. The highest BCUT2D eigenvalue weighted by Gasteiger charge is 2.42. The monoisotopic (exact) mass is 567 g/mol. The second-order valence-corrected chi connectivity index (χ2v) is 9.77. The number of carbonyl (C=O) groups is 1. The normalized spacial score (nSPS) is 14.7. The summed E-state index contributed by atoms with van der Waals surface area (Å²) in [5.41, 5.74) is 4.03. The lowest BCUT2D eigenvalue weighted by Crippen LogP contribution is -2.31. The van der Waals surface area contributed by atoms with Crippen molar-refractivity contribution < 1.29 is 19.4 Å². The number of nitrogens with one attached hydrogen (secondary N) is 1. The minimum Gasteiger partial charge on any atom is -0.507 e. The lowest BCUT2D eigenvalue weighted by atomic mass is 9.95. The Morgan fingerprint density at radius 2 is 1.81 bits per heavy atom. The highest BCUT2D eigenvalue weighted by atomic mass is 79.9. The Bertz CT molecular complexity index is 1440. The van der Waals surface area contributed by atoms with Crippen LogP contribution in [0.15, 0.2) is 65.1 Å². The van der Waals surface area contributed by atoms with Crippen LogP contribution in [0.4, 0.5) is 0 Å². The third-order valence-electron chi connectivity index (χ3n) is 6.35. The Morgan fingerprint density at radius 1 is 1.06 bits per heavy atom. The Kier molecular flexibility index (Phi) is 6.64. The average molecular weight is 569 g/mol. The van der Waals surface area contributed by atoms with E-state index in [1.807, 2.05) is 47.4 Å². The maximum Gasteiger partial charge on any atom is 0.273 e. The molecule has 0 radical (unpaired) electrons. The van der Waals surface area contributed by atoms with Crippen LogP contribution in [-0.2, 0) is 6.42 Å². The number of amides is 1. The molecule has 1 aliphatic heterocycles. The van der Waals surface area contributed by atoms with Crippen LogP contribution in [0, 0.1) is 0 Å². The molecule has 1 unspecified atom stereocenters. The van der Waals surface area contributed by atoms with E-state index in [2.05, 4.69) is 26.1 Å². The first-order valence-corrected chi connectivity index (χ1v) is 12.4. The van der Waals surface area contributed by atoms with Gasteiger partial charge in [-0.1, -0.05) is 45.7 Å². The number of hydrogen-bond donors (Lipinski definition) is 2. The number of nitrogens with zero attached hydrogens (tertiary/aromatic N) is 2. The first-order valence-electron chi connectivity index (χ1n) is 11.3. The Labute approximate surface area is 221 Å². The minimum absolute atomic E-state index is 0.0412. The van der Waals surface area contributed by atoms with Gasteiger partial charge in [0, 0.05) is 27.2 Å². The number of halogens is 2. The van der Waals surface area contributed by atoms with Gasteiger partial charge in [-0.2, -0.15) is 5.10 Å². The standard InChI is InChI=1S/C27H23BrClN3O4/c1-35-21-10-3-15(13-22(21)36-2)11-12-32-26(16-4-6-17(28)7-5-16)23-24(30-31-25(23)27(32)34)19-14-18(29)8-9-20(19)33/h3-10,13-14,26,33H,11-12H2,1-2H3,(H,30,31). The summed E-state index contributed by atoms with van der Waals surface area (Å²) in [4.78, 5) is 15.4. The number of phenols is 1. The van der Waals surface area contributed by atoms with Crippen molar-refractivity contribution in [1.29, 1.82) is 0 Å². The fraction of sp³-hybridized carbons (Fsp3) is 0.185. The van der Waals surface area contributed by atoms with Crippen LogP contribution in [0.2, 0.25) is 5.02 Å². The van der Waals surface area contributed by atoms with Crippen LogP contribution in [0.25, 0.3) is 11.3 Å². The molecule has 5 rings (SSSR count). The molecule has 1 aliphatic rings. The zero-order chi connectivity index (χ0) is 25.4. The number of methoxy groups -OCH3 is 2. The first-order chi connectivity index (χ1) is 17.4. The van der Waals surface area contributed by atoms with Gasteiger partial charge in [0.1, 0.15) is 17.1 Å². The van der Waals surface area contributed by atoms with Crippen molar-refractivity contribution >= 4 is 33.4 Å². The SMILES string of the molecule is COc1ccc(CCN2C(=O)c3[nH]nc(-c4cc(Cl)ccc4O)c3C2c2ccc(Br)cc2)cc1OC. The molecule has 0 bridgehead atoms. The fourth-order valence-corrected chi connectivity index (χ4v) is 5.04. The van der Waals surface area contributed by atoms with Crippen LogP contribution in [0.3, 0.4) is 0 Å². The zero-order valence-corrected chi connectivity index (χ0v) is 21.9. The smallest absolute Gasteiger partial charge is 0.273 e. The number of hydrogen-bond acceptors (Lipinski definition) is 5. The van der Waals surface area contributed by atoms with Gasteiger partial charge in [-0.15, -0.1) is 0 Å². The summed E-state index contributed by atoms with van der Waals surface area (Å²) in [6.07, 6.45) is 0.606. The lowest BCUT2D eigenvalue weighted by molar-refractivity contribution is 0.0746. The lowest BCUT2D eigenvalue weighted by Gasteiger charge is -2.26. The number of benzene rings is 3. The summed E-state index contributed by atoms with van der Waals surface area (Å²) >= 11 is 9.72. The van der Waals surface area contributed by atoms with E-state index in [-0.39, 0.29) is 11.7 Å². The Morgan fingerprint density at radius 3 is 2.53 bits per heavy atom. The van der Waals surface area contributed by atoms with Crippen LogP contribution < -0.4 is 9.47 Å². The number of rotatable bonds is 7. The first kappa shape index (κ1) is 24.2. The second-order valence-electron chi connectivity index (χ2n) is 8.41. The number of phenolic OH excluding ortho intramolecular Hbond substituents is 1. The predicted octanol–water partition coefficient (Wildman–Crippen LogP) is 6.00. The quantitative estimate of drug-likeness (QED) is 0.285. The molecule has 3 aromatic carbocycles. The van der Waals surface area contributed by atoms with E-state index in [0.29, 0.717) is 52.0 Å². The van der Waals surface area contributed by atoms with E-state index < -0.39 is 6.04 Å². The topological polar surface area (TPSA) is 87.7 Å². The van der Waals surface area contributed by atoms with Gasteiger partial charge < -0.3 is 19.5 Å². The van der Waals surface area contributed by atoms with Crippen molar-refractivity contribution in [3.05, 3.63) is 92.5 Å². The Balaban J connectivity index is 1.55. The molecule has 2 heterocycles. The van der Waals surface area contributed by atoms with Crippen molar-refractivity contribution in [2.75, 3.05) is 20.8 Å². The van der Waals surface area contributed by atoms with Gasteiger partial charge in [-0.3, -0.25) is 9.89 Å². The van der Waals surface area contributed by atoms with Gasteiger partial charge in [-0.25, -0.2) is 0 Å². The van der Waals surface area contributed by atoms with Crippen LogP contribution in [0.1, 0.15) is 33.2 Å². The maximum absolute atomic E-state index is 13.6. The van der Waals surface area contributed by atoms with Gasteiger partial charge in [0.25, 0.3) is 5.91 Å². The van der Waals surface area contributed by atoms with Crippen molar-refractivity contribution in [3.63, 3.8) is 0 Å². The van der Waals surface area contributed by atoms with Crippen molar-refractivity contribution in [3.8, 4) is 28.5 Å². The highest BCUT2D eigenvalue weighted by molar-refractivity contribution is 9.10. The summed E-state index contributed by atoms with van der Waals surface area (Å²) in [5, 5.41) is 18.4. The second kappa shape index (κ2) is 9.87. The molecular formula is C27H23BrClN3O4. The van der Waals surface area contributed by atoms with Crippen LogP contribution in [-0.4, -0.2) is 46.9 Å². The molecule has 9 heteroatoms. The van der Waals surface area contributed by atoms with Gasteiger partial charge in [-0.05, 0) is 60.0 Å². The van der Waals surface area contributed by atoms with Gasteiger partial charge in [0.15, 0.2) is 11.5 Å². The molecule has 1 aromatic heterocycles. The molecule has 0 fully saturated rings. The summed E-state index contributed by atoms with van der Waals surface area (Å²) in [6.45, 7) is 0.457. The average Bonchev–Trinajstić information content (AvgIpc) is 3.43. The van der Waals surface area contributed by atoms with Crippen molar-refractivity contribution in [1.82, 2.24) is 15.1 Å². The van der Waals surface area contributed by atoms with E-state index >= 15 is 0 Å². The molecule has 0 saturated carbocycles. The molecule has 4 aromatic rings. The molecular weight excluding hydrogens is 546 g/mol. The fourth-order valence-electron chi connectivity index (χ4n) is 4.61. The van der Waals surface area contributed by atoms with E-state index in [9.17, 15) is 9.90 Å². The number of H-pyrrole nitrogens is 1. The summed E-state index contributed by atoms with van der Waals surface area (Å²) in [5.74, 6) is 1.18. The molecule has 7 nitrogen and oxygen atoms in total. The van der Waals surface area contributed by atoms with Crippen molar-refractivity contribution in [2.45, 2.75) is 12.5 Å². The third kappa shape index (κ3) is 4.31. The molecule has 184 valence electrons. The van der Waals surface area contributed by atoms with E-state index in [4.69, 9.17) is 21.1 Å². The van der Waals surface area contributed by atoms with Gasteiger partial charge in [0.05, 0.1) is 20.3 Å². The van der Waals surface area contributed by atoms with E-state index in [1.165, 1.54) is 6.07 Å². The molecule has 0 aliphatic carbocycles. The number of ether oxygens (including phenoxy) is 2. The molecule has 36 heavy (non-hydrogen) atoms. The number of carbonyl (C=O) groups excluding carboxylic acids is 1. The van der Waals surface area contributed by atoms with Gasteiger partial charge >= 0.3 is 0 Å². The highest BCUT2D eigenvalue weighted by Crippen LogP contribution is 2.45. The predicted molar refractivity (Wildman–Crippen MR) is 141 cm³/mol. The molecule has 2 N–H and O–H groups in total. The summed E-state index contributed by atoms with van der Waals surface area (Å²) in [6, 6.07) is 18.0. The molecule has 1 atom stereocenters. The number of aromatic nitrogens is 2. The largest absolute Gasteiger partial charge is 0.507 e. The minimum atomic E-state index is -0.395. The van der Waals surface area contributed by atoms with Gasteiger partial charge in [0.2, 0.25) is 0 Å². The zero-order valence-electron chi connectivity index (χ0n) is 19.6. The third-order valence-corrected chi connectivity index (χ3v) is 7.12. The summed E-state index contributed by atoms with van der Waals surface area (Å²) < 4.78 is 11.7. The van der Waals surface area contributed by atoms with Crippen molar-refractivity contribution in [2.24, 2.45) is 0 Å². The molecule has 1 amide bonds.